The Hall–Kier alpha value is -1.45. The number of hydrogen-bond donors (Lipinski definition) is 2. The number of hydrogen-bond acceptors (Lipinski definition) is 5. The third-order valence-electron chi connectivity index (χ3n) is 3.40. The van der Waals surface area contributed by atoms with Crippen molar-refractivity contribution in [3.8, 4) is 0 Å². The summed E-state index contributed by atoms with van der Waals surface area (Å²) in [5, 5.41) is 14.1. The molecule has 0 unspecified atom stereocenters. The Kier molecular flexibility index (Phi) is 4.35. The number of carbonyl (C=O) groups is 1. The van der Waals surface area contributed by atoms with Crippen LogP contribution >= 0.6 is 0 Å². The van der Waals surface area contributed by atoms with Gasteiger partial charge in [-0.1, -0.05) is 0 Å². The van der Waals surface area contributed by atoms with Gasteiger partial charge in [-0.15, -0.1) is 0 Å². The summed E-state index contributed by atoms with van der Waals surface area (Å²) in [5.41, 5.74) is 1.71. The van der Waals surface area contributed by atoms with Crippen LogP contribution in [-0.4, -0.2) is 65.6 Å². The number of aliphatic hydroxyl groups excluding tert-OH is 1. The molecule has 9 heteroatoms. The van der Waals surface area contributed by atoms with Crippen molar-refractivity contribution in [1.82, 2.24) is 19.4 Å². The highest BCUT2D eigenvalue weighted by Gasteiger charge is 2.35. The summed E-state index contributed by atoms with van der Waals surface area (Å²) in [4.78, 5) is 13.7. The van der Waals surface area contributed by atoms with E-state index >= 15 is 0 Å². The average Bonchev–Trinajstić information content (AvgIpc) is 2.81. The maximum absolute atomic E-state index is 12.2. The number of nitrogens with zero attached hydrogens (tertiary/aromatic N) is 3. The Morgan fingerprint density at radius 3 is 2.67 bits per heavy atom. The summed E-state index contributed by atoms with van der Waals surface area (Å²) in [7, 11) is -3.42. The summed E-state index contributed by atoms with van der Waals surface area (Å²) < 4.78 is 26.4. The first-order chi connectivity index (χ1) is 9.65. The molecule has 1 fully saturated rings. The minimum Gasteiger partial charge on any atom is -0.390 e. The Labute approximate surface area is 123 Å². The molecule has 0 aromatic carbocycles. The predicted octanol–water partition coefficient (Wildman–Crippen LogP) is -1.38. The molecule has 2 atom stereocenters. The van der Waals surface area contributed by atoms with Crippen LogP contribution in [0.3, 0.4) is 0 Å². The molecule has 0 radical (unpaired) electrons. The van der Waals surface area contributed by atoms with Crippen molar-refractivity contribution in [3.05, 3.63) is 17.5 Å². The van der Waals surface area contributed by atoms with Crippen molar-refractivity contribution in [1.29, 1.82) is 0 Å². The fraction of sp³-hybridized carbons (Fsp3) is 0.667. The van der Waals surface area contributed by atoms with Gasteiger partial charge in [0, 0.05) is 18.8 Å². The van der Waals surface area contributed by atoms with Gasteiger partial charge >= 0.3 is 0 Å². The van der Waals surface area contributed by atoms with Crippen molar-refractivity contribution < 1.29 is 18.3 Å². The number of rotatable bonds is 4. The maximum Gasteiger partial charge on any atom is 0.244 e. The summed E-state index contributed by atoms with van der Waals surface area (Å²) in [6.45, 7) is 4.06. The van der Waals surface area contributed by atoms with Crippen molar-refractivity contribution in [2.45, 2.75) is 32.5 Å². The lowest BCUT2D eigenvalue weighted by Gasteiger charge is -2.16. The number of amides is 1. The first-order valence-electron chi connectivity index (χ1n) is 6.60. The van der Waals surface area contributed by atoms with E-state index in [4.69, 9.17) is 0 Å². The molecule has 0 bridgehead atoms. The smallest absolute Gasteiger partial charge is 0.244 e. The normalized spacial score (nSPS) is 22.8. The van der Waals surface area contributed by atoms with Crippen molar-refractivity contribution >= 4 is 15.9 Å². The van der Waals surface area contributed by atoms with E-state index in [0.29, 0.717) is 0 Å². The average molecular weight is 316 g/mol. The lowest BCUT2D eigenvalue weighted by atomic mass is 10.2. The van der Waals surface area contributed by atoms with Crippen LogP contribution in [0.1, 0.15) is 11.4 Å². The van der Waals surface area contributed by atoms with E-state index in [1.54, 1.807) is 4.68 Å². The molecule has 1 aromatic heterocycles. The lowest BCUT2D eigenvalue weighted by molar-refractivity contribution is -0.131. The minimum absolute atomic E-state index is 0.0813. The van der Waals surface area contributed by atoms with Crippen LogP contribution in [0.15, 0.2) is 6.07 Å². The molecule has 2 heterocycles. The van der Waals surface area contributed by atoms with Gasteiger partial charge in [0.25, 0.3) is 0 Å². The molecule has 0 saturated carbocycles. The molecular formula is C12H20N4O4S. The minimum atomic E-state index is -3.42. The topological polar surface area (TPSA) is 105 Å². The number of sulfonamides is 1. The maximum atomic E-state index is 12.2. The Morgan fingerprint density at radius 2 is 2.14 bits per heavy atom. The molecule has 8 nitrogen and oxygen atoms in total. The van der Waals surface area contributed by atoms with E-state index in [-0.39, 0.29) is 25.5 Å². The number of aryl methyl sites for hydroxylation is 2. The molecule has 118 valence electrons. The van der Waals surface area contributed by atoms with E-state index in [1.807, 2.05) is 19.9 Å². The quantitative estimate of drug-likeness (QED) is 0.712. The number of likely N-dealkylation sites (tertiary alicyclic amines) is 1. The van der Waals surface area contributed by atoms with Gasteiger partial charge in [-0.2, -0.15) is 5.10 Å². The van der Waals surface area contributed by atoms with E-state index in [1.165, 1.54) is 4.90 Å². The fourth-order valence-corrected chi connectivity index (χ4v) is 3.23. The number of aromatic nitrogens is 2. The zero-order valence-corrected chi connectivity index (χ0v) is 13.1. The van der Waals surface area contributed by atoms with Gasteiger partial charge in [0.2, 0.25) is 15.9 Å². The first kappa shape index (κ1) is 15.9. The third-order valence-corrected chi connectivity index (χ3v) is 4.13. The van der Waals surface area contributed by atoms with Gasteiger partial charge in [-0.05, 0) is 19.9 Å². The van der Waals surface area contributed by atoms with Crippen LogP contribution in [0, 0.1) is 13.8 Å². The molecule has 1 saturated heterocycles. The van der Waals surface area contributed by atoms with Gasteiger partial charge in [-0.25, -0.2) is 13.1 Å². The molecule has 0 spiro atoms. The number of nitrogens with one attached hydrogen (secondary N) is 1. The van der Waals surface area contributed by atoms with E-state index in [0.717, 1.165) is 17.6 Å². The predicted molar refractivity (Wildman–Crippen MR) is 76.1 cm³/mol. The summed E-state index contributed by atoms with van der Waals surface area (Å²) in [6, 6.07) is 1.21. The largest absolute Gasteiger partial charge is 0.390 e. The third kappa shape index (κ3) is 4.02. The molecular weight excluding hydrogens is 296 g/mol. The number of β-amino-alcohol motifs (C(OH)–C–C–N with tert-alkyl or cyclic N) is 1. The summed E-state index contributed by atoms with van der Waals surface area (Å²) in [5.74, 6) is -0.196. The number of carbonyl (C=O) groups excluding carboxylic acids is 1. The van der Waals surface area contributed by atoms with Gasteiger partial charge in [0.05, 0.1) is 24.1 Å². The second-order valence-electron chi connectivity index (χ2n) is 5.45. The fourth-order valence-electron chi connectivity index (χ4n) is 2.44. The van der Waals surface area contributed by atoms with Gasteiger partial charge < -0.3 is 10.0 Å². The molecule has 1 amide bonds. The van der Waals surface area contributed by atoms with Crippen molar-refractivity contribution in [2.24, 2.45) is 0 Å². The summed E-state index contributed by atoms with van der Waals surface area (Å²) in [6.07, 6.45) is 0.129. The SMILES string of the molecule is Cc1cc(C)n(CC(=O)N2C[C@@H](O)[C@H](NS(C)(=O)=O)C2)n1. The van der Waals surface area contributed by atoms with Gasteiger partial charge in [0.1, 0.15) is 6.54 Å². The first-order valence-corrected chi connectivity index (χ1v) is 8.49. The van der Waals surface area contributed by atoms with Gasteiger partial charge in [-0.3, -0.25) is 9.48 Å². The molecule has 2 N–H and O–H groups in total. The second-order valence-corrected chi connectivity index (χ2v) is 7.23. The molecule has 1 aromatic rings. The standard InChI is InChI=1S/C12H20N4O4S/c1-8-4-9(2)16(13-8)7-12(18)15-5-10(11(17)6-15)14-21(3,19)20/h4,10-11,14,17H,5-7H2,1-3H3/t10-,11-/m1/s1. The monoisotopic (exact) mass is 316 g/mol. The lowest BCUT2D eigenvalue weighted by Crippen LogP contribution is -2.42. The zero-order chi connectivity index (χ0) is 15.8. The van der Waals surface area contributed by atoms with E-state index < -0.39 is 22.2 Å². The molecule has 21 heavy (non-hydrogen) atoms. The Morgan fingerprint density at radius 1 is 1.48 bits per heavy atom. The summed E-state index contributed by atoms with van der Waals surface area (Å²) >= 11 is 0. The van der Waals surface area contributed by atoms with E-state index in [9.17, 15) is 18.3 Å². The highest BCUT2D eigenvalue weighted by atomic mass is 32.2. The highest BCUT2D eigenvalue weighted by molar-refractivity contribution is 7.88. The van der Waals surface area contributed by atoms with Crippen molar-refractivity contribution in [2.75, 3.05) is 19.3 Å². The van der Waals surface area contributed by atoms with Gasteiger partial charge in [0.15, 0.2) is 0 Å². The van der Waals surface area contributed by atoms with Crippen LogP contribution < -0.4 is 4.72 Å². The van der Waals surface area contributed by atoms with E-state index in [2.05, 4.69) is 9.82 Å². The van der Waals surface area contributed by atoms with Crippen molar-refractivity contribution in [3.63, 3.8) is 0 Å². The molecule has 1 aliphatic rings. The van der Waals surface area contributed by atoms with Crippen LogP contribution in [0.2, 0.25) is 0 Å². The van der Waals surface area contributed by atoms with Crippen LogP contribution in [-0.2, 0) is 21.4 Å². The number of aliphatic hydroxyl groups is 1. The highest BCUT2D eigenvalue weighted by Crippen LogP contribution is 2.12. The van der Waals surface area contributed by atoms with Crippen LogP contribution in [0.5, 0.6) is 0 Å². The molecule has 2 rings (SSSR count). The van der Waals surface area contributed by atoms with Crippen LogP contribution in [0.25, 0.3) is 0 Å². The molecule has 0 aliphatic carbocycles. The second kappa shape index (κ2) is 5.74. The van der Waals surface area contributed by atoms with Crippen LogP contribution in [0.4, 0.5) is 0 Å². The molecule has 1 aliphatic heterocycles. The zero-order valence-electron chi connectivity index (χ0n) is 12.3. The Bertz CT molecular complexity index is 640. The Balaban J connectivity index is 2.00.